The van der Waals surface area contributed by atoms with Gasteiger partial charge in [0, 0.05) is 0 Å². The second-order valence-corrected chi connectivity index (χ2v) is 2.34. The first-order valence-electron chi connectivity index (χ1n) is 2.66. The summed E-state index contributed by atoms with van der Waals surface area (Å²) in [5.74, 6) is 0. The van der Waals surface area contributed by atoms with Crippen molar-refractivity contribution >= 4 is 0 Å². The van der Waals surface area contributed by atoms with Gasteiger partial charge in [-0.1, -0.05) is 13.8 Å². The molecule has 0 heterocycles. The molecule has 0 spiro atoms. The summed E-state index contributed by atoms with van der Waals surface area (Å²) in [6.07, 6.45) is 8.48. The van der Waals surface area contributed by atoms with Crippen molar-refractivity contribution < 1.29 is 20.4 Å². The Hall–Kier alpha value is 0.194. The van der Waals surface area contributed by atoms with Crippen LogP contribution in [0.2, 0.25) is 4.22 Å². The fraction of sp³-hybridized carbons (Fsp3) is 0.286. The van der Waals surface area contributed by atoms with Gasteiger partial charge in [0.2, 0.25) is 0 Å². The standard InChI is InChI=1S/C5H5.C2H5.Ti/c1-2-4-5-3-1;1-2;/h1-5H;1H2,2H3;. The summed E-state index contributed by atoms with van der Waals surface area (Å²) >= 11 is 2.17. The molecule has 0 nitrogen and oxygen atoms in total. The number of hydrogen-bond donors (Lipinski definition) is 0. The van der Waals surface area contributed by atoms with E-state index >= 15 is 0 Å². The molecule has 0 aromatic carbocycles. The van der Waals surface area contributed by atoms with Crippen LogP contribution in [0.5, 0.6) is 0 Å². The Morgan fingerprint density at radius 1 is 1.25 bits per heavy atom. The van der Waals surface area contributed by atoms with Gasteiger partial charge in [-0.2, -0.15) is 0 Å². The van der Waals surface area contributed by atoms with Gasteiger partial charge in [-0.3, -0.25) is 0 Å². The average molecular weight is 142 g/mol. The van der Waals surface area contributed by atoms with Gasteiger partial charge in [-0.25, -0.2) is 0 Å². The molecule has 0 N–H and O–H groups in total. The normalized spacial score (nSPS) is 15.6. The Bertz CT molecular complexity index is 80.6. The predicted octanol–water partition coefficient (Wildman–Crippen LogP) is 2.29. The molecule has 1 radical (unpaired) electrons. The molecule has 0 aromatic heterocycles. The molecule has 0 saturated carbocycles. The Balaban J connectivity index is 0.000000222. The third kappa shape index (κ3) is 3.23. The van der Waals surface area contributed by atoms with Crippen LogP contribution in [0.15, 0.2) is 24.3 Å². The van der Waals surface area contributed by atoms with Crippen molar-refractivity contribution in [1.82, 2.24) is 0 Å². The summed E-state index contributed by atoms with van der Waals surface area (Å²) < 4.78 is 0.685. The van der Waals surface area contributed by atoms with Crippen LogP contribution < -0.4 is 0 Å². The molecule has 0 bridgehead atoms. The molecule has 1 rings (SSSR count). The second kappa shape index (κ2) is 5.33. The first-order valence-corrected chi connectivity index (χ1v) is 3.56. The van der Waals surface area contributed by atoms with E-state index in [0.29, 0.717) is 4.22 Å². The fourth-order valence-corrected chi connectivity index (χ4v) is 0.779. The van der Waals surface area contributed by atoms with Gasteiger partial charge in [0.25, 0.3) is 0 Å². The van der Waals surface area contributed by atoms with Crippen LogP contribution in [0.1, 0.15) is 6.92 Å². The van der Waals surface area contributed by atoms with Gasteiger partial charge in [0.05, 0.1) is 0 Å². The summed E-state index contributed by atoms with van der Waals surface area (Å²) in [6.45, 7) is 5.00. The van der Waals surface area contributed by atoms with E-state index in [-0.39, 0.29) is 0 Å². The van der Waals surface area contributed by atoms with E-state index in [1.165, 1.54) is 0 Å². The zero-order chi connectivity index (χ0) is 6.41. The van der Waals surface area contributed by atoms with E-state index in [2.05, 4.69) is 51.7 Å². The molecule has 0 unspecified atom stereocenters. The maximum absolute atomic E-state index is 3.25. The van der Waals surface area contributed by atoms with Crippen LogP contribution >= 0.6 is 0 Å². The van der Waals surface area contributed by atoms with Gasteiger partial charge >= 0.3 is 49.0 Å². The van der Waals surface area contributed by atoms with Crippen molar-refractivity contribution in [3.05, 3.63) is 31.2 Å². The fourth-order valence-electron chi connectivity index (χ4n) is 0.432. The predicted molar refractivity (Wildman–Crippen MR) is 33.1 cm³/mol. The minimum absolute atomic E-state index is 0.685. The molecular weight excluding hydrogens is 132 g/mol. The van der Waals surface area contributed by atoms with E-state index < -0.39 is 0 Å². The van der Waals surface area contributed by atoms with E-state index in [1.54, 1.807) is 6.92 Å². The quantitative estimate of drug-likeness (QED) is 0.455. The molecule has 0 fully saturated rings. The third-order valence-electron chi connectivity index (χ3n) is 0.748. The summed E-state index contributed by atoms with van der Waals surface area (Å²) in [6, 6.07) is 0. The summed E-state index contributed by atoms with van der Waals surface area (Å²) in [7, 11) is 0. The molecule has 0 aromatic rings. The van der Waals surface area contributed by atoms with Crippen molar-refractivity contribution in [2.45, 2.75) is 11.1 Å². The van der Waals surface area contributed by atoms with Gasteiger partial charge in [-0.05, 0) is 0 Å². The average Bonchev–Trinajstić information content (AvgIpc) is 2.24. The SMILES string of the molecule is [CH2]C.[Ti][CH]1C=CC=C1. The number of hydrogen-bond acceptors (Lipinski definition) is 0. The molecule has 0 saturated heterocycles. The first-order chi connectivity index (χ1) is 3.89. The molecular formula is C7H10Ti. The van der Waals surface area contributed by atoms with Crippen LogP contribution in [-0.2, 0) is 20.4 Å². The van der Waals surface area contributed by atoms with Gasteiger partial charge in [0.1, 0.15) is 0 Å². The van der Waals surface area contributed by atoms with Crippen LogP contribution in [0.3, 0.4) is 0 Å². The number of rotatable bonds is 0. The monoisotopic (exact) mass is 142 g/mol. The molecule has 0 atom stereocenters. The zero-order valence-electron chi connectivity index (χ0n) is 5.09. The molecule has 8 heavy (non-hydrogen) atoms. The topological polar surface area (TPSA) is 0 Å². The van der Waals surface area contributed by atoms with E-state index in [4.69, 9.17) is 0 Å². The maximum atomic E-state index is 3.25. The van der Waals surface area contributed by atoms with Crippen molar-refractivity contribution in [3.8, 4) is 0 Å². The Kier molecular flexibility index (Phi) is 5.46. The summed E-state index contributed by atoms with van der Waals surface area (Å²) in [5, 5.41) is 0. The Labute approximate surface area is 63.1 Å². The van der Waals surface area contributed by atoms with E-state index in [9.17, 15) is 0 Å². The zero-order valence-corrected chi connectivity index (χ0v) is 6.66. The minimum atomic E-state index is 0.685. The van der Waals surface area contributed by atoms with Gasteiger partial charge in [0.15, 0.2) is 0 Å². The van der Waals surface area contributed by atoms with Crippen LogP contribution in [-0.4, -0.2) is 0 Å². The van der Waals surface area contributed by atoms with E-state index in [0.717, 1.165) is 0 Å². The van der Waals surface area contributed by atoms with Crippen LogP contribution in [0.25, 0.3) is 0 Å². The molecule has 0 amide bonds. The number of allylic oxidation sites excluding steroid dienone is 4. The van der Waals surface area contributed by atoms with Gasteiger partial charge < -0.3 is 0 Å². The van der Waals surface area contributed by atoms with Crippen molar-refractivity contribution in [2.24, 2.45) is 0 Å². The van der Waals surface area contributed by atoms with E-state index in [1.807, 2.05) is 0 Å². The van der Waals surface area contributed by atoms with Crippen LogP contribution in [0, 0.1) is 6.92 Å². The molecule has 1 aliphatic rings. The molecule has 0 aliphatic heterocycles. The Morgan fingerprint density at radius 3 is 1.75 bits per heavy atom. The summed E-state index contributed by atoms with van der Waals surface area (Å²) in [4.78, 5) is 0. The molecule has 1 aliphatic carbocycles. The second-order valence-electron chi connectivity index (χ2n) is 1.30. The van der Waals surface area contributed by atoms with Crippen LogP contribution in [0.4, 0.5) is 0 Å². The third-order valence-corrected chi connectivity index (χ3v) is 1.35. The summed E-state index contributed by atoms with van der Waals surface area (Å²) in [5.41, 5.74) is 0. The molecule has 42 valence electrons. The van der Waals surface area contributed by atoms with Gasteiger partial charge in [-0.15, -0.1) is 0 Å². The molecule has 1 heteroatoms. The van der Waals surface area contributed by atoms with Crippen molar-refractivity contribution in [3.63, 3.8) is 0 Å². The Morgan fingerprint density at radius 2 is 1.62 bits per heavy atom. The first kappa shape index (κ1) is 8.19. The van der Waals surface area contributed by atoms with Crippen molar-refractivity contribution in [2.75, 3.05) is 0 Å². The van der Waals surface area contributed by atoms with Crippen molar-refractivity contribution in [1.29, 1.82) is 0 Å².